The maximum Gasteiger partial charge on any atom is 0.244 e. The van der Waals surface area contributed by atoms with Crippen LogP contribution in [0.5, 0.6) is 0 Å². The van der Waals surface area contributed by atoms with Crippen molar-refractivity contribution in [3.05, 3.63) is 60.2 Å². The highest BCUT2D eigenvalue weighted by atomic mass is 32.2. The number of halogens is 1. The highest BCUT2D eigenvalue weighted by Gasteiger charge is 2.31. The van der Waals surface area contributed by atoms with Crippen LogP contribution in [0.15, 0.2) is 53.6 Å². The molecule has 0 radical (unpaired) electrons. The van der Waals surface area contributed by atoms with Crippen molar-refractivity contribution in [2.24, 2.45) is 0 Å². The van der Waals surface area contributed by atoms with Gasteiger partial charge in [0.1, 0.15) is 22.5 Å². The largest absolute Gasteiger partial charge is 0.382 e. The molecule has 0 aliphatic carbocycles. The van der Waals surface area contributed by atoms with Gasteiger partial charge in [0.25, 0.3) is 0 Å². The van der Waals surface area contributed by atoms with E-state index in [0.29, 0.717) is 5.56 Å². The zero-order valence-electron chi connectivity index (χ0n) is 16.6. The highest BCUT2D eigenvalue weighted by Crippen LogP contribution is 2.36. The second-order valence-corrected chi connectivity index (χ2v) is 9.25. The Balaban J connectivity index is 2.35. The molecule has 0 saturated carbocycles. The summed E-state index contributed by atoms with van der Waals surface area (Å²) in [5.41, 5.74) is 5.00. The minimum absolute atomic E-state index is 0.00106. The van der Waals surface area contributed by atoms with Crippen molar-refractivity contribution in [3.8, 4) is 28.5 Å². The fourth-order valence-corrected chi connectivity index (χ4v) is 4.71. The summed E-state index contributed by atoms with van der Waals surface area (Å²) in [6, 6.07) is 13.3. The summed E-state index contributed by atoms with van der Waals surface area (Å²) < 4.78 is 44.6. The molecule has 0 spiro atoms. The first-order valence-corrected chi connectivity index (χ1v) is 10.5. The van der Waals surface area contributed by atoms with Crippen molar-refractivity contribution in [2.45, 2.75) is 31.2 Å². The van der Waals surface area contributed by atoms with E-state index in [1.165, 1.54) is 18.3 Å². The van der Waals surface area contributed by atoms with Crippen LogP contribution in [0.4, 0.5) is 10.2 Å². The van der Waals surface area contributed by atoms with Crippen molar-refractivity contribution in [1.82, 2.24) is 14.7 Å². The molecule has 0 unspecified atom stereocenters. The van der Waals surface area contributed by atoms with Crippen LogP contribution in [0.2, 0.25) is 0 Å². The monoisotopic (exact) mass is 425 g/mol. The van der Waals surface area contributed by atoms with Gasteiger partial charge in [-0.15, -0.1) is 0 Å². The maximum absolute atomic E-state index is 15.8. The Kier molecular flexibility index (Phi) is 5.57. The van der Waals surface area contributed by atoms with E-state index in [0.717, 1.165) is 0 Å². The lowest BCUT2D eigenvalue weighted by molar-refractivity contribution is 0.487. The van der Waals surface area contributed by atoms with Crippen molar-refractivity contribution < 1.29 is 12.8 Å². The molecule has 1 aromatic heterocycles. The van der Waals surface area contributed by atoms with Crippen molar-refractivity contribution >= 4 is 15.8 Å². The van der Waals surface area contributed by atoms with E-state index in [1.807, 2.05) is 6.07 Å². The Morgan fingerprint density at radius 1 is 1.10 bits per heavy atom. The Bertz CT molecular complexity index is 1250. The van der Waals surface area contributed by atoms with Gasteiger partial charge in [-0.1, -0.05) is 36.4 Å². The number of nitrogens with two attached hydrogens (primary N) is 1. The molecular formula is C21H20FN5O2S. The first-order valence-electron chi connectivity index (χ1n) is 8.98. The van der Waals surface area contributed by atoms with Crippen LogP contribution >= 0.6 is 0 Å². The molecule has 3 aromatic rings. The van der Waals surface area contributed by atoms with Crippen LogP contribution in [0.1, 0.15) is 26.5 Å². The van der Waals surface area contributed by atoms with Gasteiger partial charge in [-0.25, -0.2) is 27.5 Å². The molecule has 3 N–H and O–H groups in total. The zero-order chi connectivity index (χ0) is 22.1. The van der Waals surface area contributed by atoms with Gasteiger partial charge < -0.3 is 5.73 Å². The fourth-order valence-electron chi connectivity index (χ4n) is 2.98. The number of nitrogens with one attached hydrogen (secondary N) is 1. The number of rotatable bonds is 4. The minimum Gasteiger partial charge on any atom is -0.382 e. The molecule has 9 heteroatoms. The highest BCUT2D eigenvalue weighted by molar-refractivity contribution is 7.89. The van der Waals surface area contributed by atoms with E-state index in [2.05, 4.69) is 14.7 Å². The first-order chi connectivity index (χ1) is 14.0. The molecule has 0 aliphatic heterocycles. The topological polar surface area (TPSA) is 122 Å². The molecule has 0 saturated heterocycles. The summed E-state index contributed by atoms with van der Waals surface area (Å²) in [4.78, 5) is 7.35. The van der Waals surface area contributed by atoms with Crippen LogP contribution < -0.4 is 10.5 Å². The van der Waals surface area contributed by atoms with Crippen molar-refractivity contribution in [2.75, 3.05) is 5.73 Å². The van der Waals surface area contributed by atoms with E-state index in [4.69, 9.17) is 5.73 Å². The van der Waals surface area contributed by atoms with Crippen molar-refractivity contribution in [1.29, 1.82) is 5.26 Å². The number of nitrogen functional groups attached to an aromatic ring is 1. The third kappa shape index (κ3) is 4.30. The van der Waals surface area contributed by atoms with Crippen LogP contribution in [-0.2, 0) is 10.0 Å². The number of benzene rings is 2. The molecule has 0 aliphatic rings. The average Bonchev–Trinajstić information content (AvgIpc) is 2.66. The van der Waals surface area contributed by atoms with Gasteiger partial charge in [-0.2, -0.15) is 5.26 Å². The number of nitriles is 1. The molecule has 154 valence electrons. The molecule has 0 amide bonds. The Morgan fingerprint density at radius 2 is 1.73 bits per heavy atom. The fraction of sp³-hybridized carbons (Fsp3) is 0.190. The summed E-state index contributed by atoms with van der Waals surface area (Å²) in [6.45, 7) is 4.98. The number of sulfonamides is 1. The molecule has 2 aromatic carbocycles. The van der Waals surface area contributed by atoms with Crippen LogP contribution in [0, 0.1) is 17.1 Å². The quantitative estimate of drug-likeness (QED) is 0.660. The van der Waals surface area contributed by atoms with Gasteiger partial charge >= 0.3 is 0 Å². The third-order valence-corrected chi connectivity index (χ3v) is 5.86. The molecule has 1 heterocycles. The van der Waals surface area contributed by atoms with Gasteiger partial charge in [-0.05, 0) is 32.4 Å². The van der Waals surface area contributed by atoms with Crippen molar-refractivity contribution in [3.63, 3.8) is 0 Å². The number of aromatic nitrogens is 2. The average molecular weight is 425 g/mol. The molecule has 0 fully saturated rings. The Hall–Kier alpha value is -3.35. The third-order valence-electron chi connectivity index (χ3n) is 4.04. The van der Waals surface area contributed by atoms with Gasteiger partial charge in [0, 0.05) is 16.7 Å². The van der Waals surface area contributed by atoms with E-state index < -0.39 is 26.3 Å². The van der Waals surface area contributed by atoms with E-state index in [1.54, 1.807) is 51.1 Å². The number of anilines is 1. The summed E-state index contributed by atoms with van der Waals surface area (Å²) in [5, 5.41) is 9.35. The number of hydrogen-bond acceptors (Lipinski definition) is 6. The normalized spacial score (nSPS) is 11.8. The predicted octanol–water partition coefficient (Wildman–Crippen LogP) is 3.48. The van der Waals surface area contributed by atoms with Gasteiger partial charge in [0.2, 0.25) is 10.0 Å². The molecule has 0 atom stereocenters. The summed E-state index contributed by atoms with van der Waals surface area (Å²) in [6.07, 6.45) is 1.18. The summed E-state index contributed by atoms with van der Waals surface area (Å²) >= 11 is 0. The van der Waals surface area contributed by atoms with E-state index >= 15 is 4.39 Å². The smallest absolute Gasteiger partial charge is 0.244 e. The summed E-state index contributed by atoms with van der Waals surface area (Å²) in [7, 11) is -4.27. The lowest BCUT2D eigenvalue weighted by Gasteiger charge is -2.22. The zero-order valence-corrected chi connectivity index (χ0v) is 17.5. The molecule has 3 rings (SSSR count). The maximum atomic E-state index is 15.8. The first kappa shape index (κ1) is 21.4. The van der Waals surface area contributed by atoms with Crippen LogP contribution in [-0.4, -0.2) is 23.9 Å². The predicted molar refractivity (Wildman–Crippen MR) is 112 cm³/mol. The summed E-state index contributed by atoms with van der Waals surface area (Å²) in [5.74, 6) is -1.03. The Labute approximate surface area is 174 Å². The molecular weight excluding hydrogens is 405 g/mol. The van der Waals surface area contributed by atoms with Gasteiger partial charge in [-0.3, -0.25) is 0 Å². The lowest BCUT2D eigenvalue weighted by Crippen LogP contribution is -2.41. The SMILES string of the molecule is CC(C)(C)NS(=O)(=O)c1c(-c2ccccc2)ccc(-c2ncc(N)nc2C#N)c1F. The van der Waals surface area contributed by atoms with Gasteiger partial charge in [0.15, 0.2) is 11.5 Å². The Morgan fingerprint density at radius 3 is 2.33 bits per heavy atom. The molecule has 0 bridgehead atoms. The van der Waals surface area contributed by atoms with E-state index in [-0.39, 0.29) is 28.3 Å². The van der Waals surface area contributed by atoms with Crippen LogP contribution in [0.25, 0.3) is 22.4 Å². The minimum atomic E-state index is -4.27. The number of hydrogen-bond donors (Lipinski definition) is 2. The lowest BCUT2D eigenvalue weighted by atomic mass is 10.0. The van der Waals surface area contributed by atoms with Gasteiger partial charge in [0.05, 0.1) is 6.20 Å². The second-order valence-electron chi connectivity index (χ2n) is 7.63. The second kappa shape index (κ2) is 7.82. The van der Waals surface area contributed by atoms with E-state index in [9.17, 15) is 13.7 Å². The molecule has 7 nitrogen and oxygen atoms in total. The van der Waals surface area contributed by atoms with Crippen LogP contribution in [0.3, 0.4) is 0 Å². The molecule has 30 heavy (non-hydrogen) atoms. The number of nitrogens with zero attached hydrogens (tertiary/aromatic N) is 3. The standard InChI is InChI=1S/C21H20FN5O2S/c1-21(2,3)27-30(28,29)20-14(13-7-5-4-6-8-13)9-10-15(18(20)22)19-16(11-23)26-17(24)12-25-19/h4-10,12,27H,1-3H3,(H2,24,26).